The van der Waals surface area contributed by atoms with Crippen LogP contribution < -0.4 is 0 Å². The van der Waals surface area contributed by atoms with E-state index in [1.165, 1.54) is 24.8 Å². The Morgan fingerprint density at radius 3 is 2.79 bits per heavy atom. The molecule has 0 aromatic heterocycles. The molecule has 3 rings (SSSR count). The summed E-state index contributed by atoms with van der Waals surface area (Å²) in [6.07, 6.45) is 6.87. The largest absolute Gasteiger partial charge is 2.00 e. The van der Waals surface area contributed by atoms with Crippen molar-refractivity contribution in [2.45, 2.75) is 25.2 Å². The van der Waals surface area contributed by atoms with Gasteiger partial charge in [-0.3, -0.25) is 0 Å². The molecule has 2 aliphatic rings. The number of rotatable bonds is 1. The second-order valence-electron chi connectivity index (χ2n) is 4.37. The Balaban J connectivity index is 0.000000750. The second-order valence-corrected chi connectivity index (χ2v) is 4.37. The fourth-order valence-corrected chi connectivity index (χ4v) is 2.98. The SMILES string of the molecule is [Pd+2].[c-]1ccccc1C1[CH-]C2CCC1C2. The minimum atomic E-state index is 0. The first-order valence-electron chi connectivity index (χ1n) is 5.25. The molecule has 1 aromatic rings. The molecule has 0 aliphatic heterocycles. The van der Waals surface area contributed by atoms with Crippen molar-refractivity contribution in [3.05, 3.63) is 42.3 Å². The van der Waals surface area contributed by atoms with Gasteiger partial charge in [-0.2, -0.15) is 47.7 Å². The molecule has 0 heterocycles. The van der Waals surface area contributed by atoms with Crippen molar-refractivity contribution in [3.63, 3.8) is 0 Å². The van der Waals surface area contributed by atoms with Crippen LogP contribution in [-0.4, -0.2) is 0 Å². The first-order chi connectivity index (χ1) is 6.43. The average Bonchev–Trinajstić information content (AvgIpc) is 2.80. The van der Waals surface area contributed by atoms with Gasteiger partial charge in [-0.15, -0.1) is 0 Å². The summed E-state index contributed by atoms with van der Waals surface area (Å²) >= 11 is 0. The predicted octanol–water partition coefficient (Wildman–Crippen LogP) is 3.20. The van der Waals surface area contributed by atoms with E-state index in [2.05, 4.69) is 30.7 Å². The van der Waals surface area contributed by atoms with Crippen molar-refractivity contribution in [2.24, 2.45) is 11.8 Å². The molecule has 2 fully saturated rings. The molecule has 0 radical (unpaired) electrons. The summed E-state index contributed by atoms with van der Waals surface area (Å²) in [7, 11) is 0. The minimum Gasteiger partial charge on any atom is -0.320 e. The van der Waals surface area contributed by atoms with Crippen LogP contribution in [0.1, 0.15) is 30.7 Å². The average molecular weight is 277 g/mol. The van der Waals surface area contributed by atoms with E-state index in [4.69, 9.17) is 0 Å². The quantitative estimate of drug-likeness (QED) is 0.546. The molecule has 76 valence electrons. The monoisotopic (exact) mass is 276 g/mol. The zero-order chi connectivity index (χ0) is 8.67. The van der Waals surface area contributed by atoms with Gasteiger partial charge in [0.2, 0.25) is 0 Å². The fraction of sp³-hybridized carbons (Fsp3) is 0.462. The van der Waals surface area contributed by atoms with E-state index in [-0.39, 0.29) is 20.4 Å². The Kier molecular flexibility index (Phi) is 3.10. The summed E-state index contributed by atoms with van der Waals surface area (Å²) in [5, 5.41) is 0. The zero-order valence-corrected chi connectivity index (χ0v) is 9.61. The van der Waals surface area contributed by atoms with Crippen molar-refractivity contribution in [1.82, 2.24) is 0 Å². The zero-order valence-electron chi connectivity index (χ0n) is 8.06. The molecule has 0 saturated heterocycles. The Hall–Kier alpha value is -0.118. The molecule has 0 amide bonds. The van der Waals surface area contributed by atoms with Crippen LogP contribution >= 0.6 is 0 Å². The molecule has 1 aromatic carbocycles. The minimum absolute atomic E-state index is 0. The molecule has 14 heavy (non-hydrogen) atoms. The van der Waals surface area contributed by atoms with Gasteiger partial charge in [-0.1, -0.05) is 25.2 Å². The molecule has 1 heteroatoms. The standard InChI is InChI=1S/C13H14.Pd/c1-2-4-11(5-3-1)13-9-10-6-7-12(13)8-10;/h1-4,9-10,12-13H,6-8H2;/q-2;+2. The summed E-state index contributed by atoms with van der Waals surface area (Å²) in [4.78, 5) is 0. The van der Waals surface area contributed by atoms with Gasteiger partial charge in [-0.05, 0) is 0 Å². The molecule has 0 nitrogen and oxygen atoms in total. The summed E-state index contributed by atoms with van der Waals surface area (Å²) in [6.45, 7) is 0. The first kappa shape index (κ1) is 10.4. The Bertz CT molecular complexity index is 293. The Morgan fingerprint density at radius 2 is 2.21 bits per heavy atom. The van der Waals surface area contributed by atoms with Gasteiger partial charge >= 0.3 is 20.4 Å². The third kappa shape index (κ3) is 1.69. The maximum atomic E-state index is 3.36. The number of benzene rings is 1. The van der Waals surface area contributed by atoms with E-state index in [0.717, 1.165) is 17.8 Å². The molecule has 0 N–H and O–H groups in total. The maximum Gasteiger partial charge on any atom is 2.00 e. The second kappa shape index (κ2) is 4.17. The van der Waals surface area contributed by atoms with Crippen LogP contribution in [0.25, 0.3) is 0 Å². The van der Waals surface area contributed by atoms with Crippen LogP contribution in [0, 0.1) is 24.3 Å². The normalized spacial score (nSPS) is 34.1. The third-order valence-corrected chi connectivity index (χ3v) is 3.59. The van der Waals surface area contributed by atoms with E-state index >= 15 is 0 Å². The van der Waals surface area contributed by atoms with Crippen LogP contribution in [-0.2, 0) is 20.4 Å². The molecule has 0 spiro atoms. The molecule has 3 unspecified atom stereocenters. The van der Waals surface area contributed by atoms with Gasteiger partial charge < -0.3 is 6.42 Å². The van der Waals surface area contributed by atoms with Crippen LogP contribution in [0.15, 0.2) is 24.3 Å². The molecule has 3 atom stereocenters. The van der Waals surface area contributed by atoms with Crippen molar-refractivity contribution in [2.75, 3.05) is 0 Å². The fourth-order valence-electron chi connectivity index (χ4n) is 2.98. The molecule has 2 bridgehead atoms. The molecule has 2 aliphatic carbocycles. The summed E-state index contributed by atoms with van der Waals surface area (Å²) in [6, 6.07) is 11.8. The van der Waals surface area contributed by atoms with Crippen molar-refractivity contribution in [1.29, 1.82) is 0 Å². The van der Waals surface area contributed by atoms with Gasteiger partial charge in [0.25, 0.3) is 0 Å². The van der Waals surface area contributed by atoms with E-state index in [1.54, 1.807) is 0 Å². The van der Waals surface area contributed by atoms with Gasteiger partial charge in [-0.25, -0.2) is 0 Å². The Morgan fingerprint density at radius 1 is 1.29 bits per heavy atom. The van der Waals surface area contributed by atoms with E-state index in [0.29, 0.717) is 0 Å². The smallest absolute Gasteiger partial charge is 0.320 e. The summed E-state index contributed by atoms with van der Waals surface area (Å²) in [5.41, 5.74) is 1.41. The number of hydrogen-bond donors (Lipinski definition) is 0. The van der Waals surface area contributed by atoms with E-state index < -0.39 is 0 Å². The topological polar surface area (TPSA) is 0 Å². The van der Waals surface area contributed by atoms with Crippen LogP contribution in [0.2, 0.25) is 0 Å². The van der Waals surface area contributed by atoms with Crippen LogP contribution in [0.4, 0.5) is 0 Å². The van der Waals surface area contributed by atoms with Crippen LogP contribution in [0.5, 0.6) is 0 Å². The number of hydrogen-bond acceptors (Lipinski definition) is 0. The van der Waals surface area contributed by atoms with Gasteiger partial charge in [0, 0.05) is 0 Å². The predicted molar refractivity (Wildman–Crippen MR) is 53.2 cm³/mol. The van der Waals surface area contributed by atoms with Crippen LogP contribution in [0.3, 0.4) is 0 Å². The summed E-state index contributed by atoms with van der Waals surface area (Å²) < 4.78 is 0. The van der Waals surface area contributed by atoms with Crippen molar-refractivity contribution < 1.29 is 20.4 Å². The number of fused-ring (bicyclic) bond motifs is 2. The van der Waals surface area contributed by atoms with E-state index in [9.17, 15) is 0 Å². The first-order valence-corrected chi connectivity index (χ1v) is 5.25. The maximum absolute atomic E-state index is 3.36. The van der Waals surface area contributed by atoms with Crippen molar-refractivity contribution in [3.8, 4) is 0 Å². The van der Waals surface area contributed by atoms with E-state index in [1.807, 2.05) is 6.07 Å². The third-order valence-electron chi connectivity index (χ3n) is 3.59. The molecular weight excluding hydrogens is 263 g/mol. The molecular formula is C13H14Pd. The summed E-state index contributed by atoms with van der Waals surface area (Å²) in [5.74, 6) is 2.58. The van der Waals surface area contributed by atoms with Gasteiger partial charge in [0.1, 0.15) is 0 Å². The van der Waals surface area contributed by atoms with Gasteiger partial charge in [0.15, 0.2) is 0 Å². The Labute approximate surface area is 99.8 Å². The van der Waals surface area contributed by atoms with Crippen molar-refractivity contribution >= 4 is 0 Å². The molecule has 2 saturated carbocycles. The van der Waals surface area contributed by atoms with Gasteiger partial charge in [0.05, 0.1) is 0 Å².